The van der Waals surface area contributed by atoms with Gasteiger partial charge in [0.2, 0.25) is 11.7 Å². The summed E-state index contributed by atoms with van der Waals surface area (Å²) in [6.07, 6.45) is 0.674. The molecule has 126 valence electrons. The molecule has 1 heterocycles. The highest BCUT2D eigenvalue weighted by molar-refractivity contribution is 5.98. The Bertz CT molecular complexity index is 734. The molecule has 0 radical (unpaired) electrons. The van der Waals surface area contributed by atoms with Crippen molar-refractivity contribution in [3.63, 3.8) is 0 Å². The highest BCUT2D eigenvalue weighted by Crippen LogP contribution is 2.08. The number of nitrogens with one attached hydrogen (secondary N) is 1. The van der Waals surface area contributed by atoms with E-state index in [2.05, 4.69) is 10.5 Å². The van der Waals surface area contributed by atoms with Crippen molar-refractivity contribution in [2.24, 2.45) is 0 Å². The first-order valence-corrected chi connectivity index (χ1v) is 7.42. The van der Waals surface area contributed by atoms with Crippen molar-refractivity contribution in [3.05, 3.63) is 52.9 Å². The first-order chi connectivity index (χ1) is 11.5. The van der Waals surface area contributed by atoms with E-state index in [0.717, 1.165) is 5.56 Å². The molecule has 0 aliphatic rings. The summed E-state index contributed by atoms with van der Waals surface area (Å²) >= 11 is 0. The maximum Gasteiger partial charge on any atom is 0.377 e. The van der Waals surface area contributed by atoms with Gasteiger partial charge < -0.3 is 14.6 Å². The van der Waals surface area contributed by atoms with Crippen molar-refractivity contribution in [2.75, 3.05) is 13.2 Å². The molecule has 2 aromatic rings. The Morgan fingerprint density at radius 3 is 2.50 bits per heavy atom. The largest absolute Gasteiger partial charge is 0.451 e. The van der Waals surface area contributed by atoms with E-state index in [-0.39, 0.29) is 24.1 Å². The zero-order valence-electron chi connectivity index (χ0n) is 13.5. The Morgan fingerprint density at radius 2 is 1.92 bits per heavy atom. The molecule has 1 N–H and O–H groups in total. The van der Waals surface area contributed by atoms with Gasteiger partial charge in [-0.1, -0.05) is 29.4 Å². The summed E-state index contributed by atoms with van der Waals surface area (Å²) in [5.74, 6) is -1.15. The number of aromatic nitrogens is 1. The average Bonchev–Trinajstić information content (AvgIpc) is 2.99. The minimum atomic E-state index is -0.726. The van der Waals surface area contributed by atoms with Crippen LogP contribution in [0.4, 0.5) is 0 Å². The van der Waals surface area contributed by atoms with Crippen LogP contribution in [-0.4, -0.2) is 36.0 Å². The van der Waals surface area contributed by atoms with E-state index in [1.807, 2.05) is 0 Å². The second kappa shape index (κ2) is 8.05. The molecule has 0 aliphatic heterocycles. The predicted molar refractivity (Wildman–Crippen MR) is 84.7 cm³/mol. The van der Waals surface area contributed by atoms with E-state index in [1.165, 1.54) is 13.0 Å². The fourth-order valence-corrected chi connectivity index (χ4v) is 1.99. The number of amides is 1. The number of aryl methyl sites for hydroxylation is 1. The van der Waals surface area contributed by atoms with Gasteiger partial charge in [0.1, 0.15) is 0 Å². The van der Waals surface area contributed by atoms with Crippen molar-refractivity contribution in [3.8, 4) is 0 Å². The molecule has 0 unspecified atom stereocenters. The number of carbonyl (C=O) groups excluding carboxylic acids is 3. The molecule has 0 saturated heterocycles. The van der Waals surface area contributed by atoms with Gasteiger partial charge in [-0.2, -0.15) is 0 Å². The molecule has 0 spiro atoms. The van der Waals surface area contributed by atoms with Gasteiger partial charge in [0.05, 0.1) is 5.69 Å². The van der Waals surface area contributed by atoms with E-state index in [0.29, 0.717) is 24.2 Å². The second-order valence-electron chi connectivity index (χ2n) is 5.26. The summed E-state index contributed by atoms with van der Waals surface area (Å²) in [6, 6.07) is 8.37. The maximum atomic E-state index is 12.0. The molecule has 1 aromatic heterocycles. The number of ketones is 1. The first-order valence-electron chi connectivity index (χ1n) is 7.42. The summed E-state index contributed by atoms with van der Waals surface area (Å²) in [5.41, 5.74) is 2.00. The van der Waals surface area contributed by atoms with E-state index < -0.39 is 5.97 Å². The molecule has 7 heteroatoms. The van der Waals surface area contributed by atoms with Crippen molar-refractivity contribution in [1.82, 2.24) is 10.5 Å². The zero-order chi connectivity index (χ0) is 17.5. The van der Waals surface area contributed by atoms with Crippen LogP contribution in [0.1, 0.15) is 39.1 Å². The topological polar surface area (TPSA) is 98.5 Å². The lowest BCUT2D eigenvalue weighted by atomic mass is 10.1. The van der Waals surface area contributed by atoms with Crippen LogP contribution in [0, 0.1) is 6.92 Å². The van der Waals surface area contributed by atoms with Crippen molar-refractivity contribution in [1.29, 1.82) is 0 Å². The number of hydrogen-bond donors (Lipinski definition) is 1. The lowest BCUT2D eigenvalue weighted by Gasteiger charge is -2.05. The third-order valence-corrected chi connectivity index (χ3v) is 3.23. The number of benzene rings is 1. The molecular weight excluding hydrogens is 312 g/mol. The molecule has 0 bridgehead atoms. The average molecular weight is 330 g/mol. The van der Waals surface area contributed by atoms with Crippen LogP contribution in [0.2, 0.25) is 0 Å². The van der Waals surface area contributed by atoms with E-state index in [9.17, 15) is 14.4 Å². The van der Waals surface area contributed by atoms with E-state index in [1.54, 1.807) is 31.2 Å². The van der Waals surface area contributed by atoms with Crippen LogP contribution in [0.5, 0.6) is 0 Å². The molecule has 0 saturated carbocycles. The van der Waals surface area contributed by atoms with Gasteiger partial charge in [0.15, 0.2) is 12.4 Å². The summed E-state index contributed by atoms with van der Waals surface area (Å²) in [4.78, 5) is 34.5. The first kappa shape index (κ1) is 17.4. The molecule has 0 fully saturated rings. The SMILES string of the molecule is CC(=O)NCCc1ccc(C(=O)COC(=O)c2cc(C)no2)cc1. The Balaban J connectivity index is 1.83. The fourth-order valence-electron chi connectivity index (χ4n) is 1.99. The number of hydrogen-bond acceptors (Lipinski definition) is 6. The third kappa shape index (κ3) is 5.05. The lowest BCUT2D eigenvalue weighted by molar-refractivity contribution is -0.118. The number of Topliss-reactive ketones (excluding diaryl/α,β-unsaturated/α-hetero) is 1. The van der Waals surface area contributed by atoms with Crippen molar-refractivity contribution >= 4 is 17.7 Å². The maximum absolute atomic E-state index is 12.0. The Hall–Kier alpha value is -2.96. The van der Waals surface area contributed by atoms with Gasteiger partial charge in [-0.3, -0.25) is 9.59 Å². The lowest BCUT2D eigenvalue weighted by Crippen LogP contribution is -2.22. The van der Waals surface area contributed by atoms with Gasteiger partial charge in [-0.25, -0.2) is 4.79 Å². The van der Waals surface area contributed by atoms with Crippen LogP contribution < -0.4 is 5.32 Å². The summed E-state index contributed by atoms with van der Waals surface area (Å²) in [6.45, 7) is 3.31. The highest BCUT2D eigenvalue weighted by Gasteiger charge is 2.15. The van der Waals surface area contributed by atoms with Gasteiger partial charge in [-0.05, 0) is 18.9 Å². The second-order valence-corrected chi connectivity index (χ2v) is 5.26. The molecule has 1 amide bonds. The Labute approximate surface area is 139 Å². The summed E-state index contributed by atoms with van der Waals surface area (Å²) in [7, 11) is 0. The van der Waals surface area contributed by atoms with Gasteiger partial charge in [0.25, 0.3) is 0 Å². The molecule has 7 nitrogen and oxygen atoms in total. The van der Waals surface area contributed by atoms with Crippen molar-refractivity contribution in [2.45, 2.75) is 20.3 Å². The Kier molecular flexibility index (Phi) is 5.83. The summed E-state index contributed by atoms with van der Waals surface area (Å²) < 4.78 is 9.68. The normalized spacial score (nSPS) is 10.2. The van der Waals surface area contributed by atoms with E-state index >= 15 is 0 Å². The predicted octanol–water partition coefficient (Wildman–Crippen LogP) is 1.70. The molecule has 1 aromatic carbocycles. The summed E-state index contributed by atoms with van der Waals surface area (Å²) in [5, 5.41) is 6.29. The number of rotatable bonds is 7. The standard InChI is InChI=1S/C17H18N2O5/c1-11-9-16(24-19-11)17(22)23-10-15(21)14-5-3-13(4-6-14)7-8-18-12(2)20/h3-6,9H,7-8,10H2,1-2H3,(H,18,20). The van der Waals surface area contributed by atoms with E-state index in [4.69, 9.17) is 9.26 Å². The fraction of sp³-hybridized carbons (Fsp3) is 0.294. The van der Waals surface area contributed by atoms with Crippen LogP contribution in [0.25, 0.3) is 0 Å². The zero-order valence-corrected chi connectivity index (χ0v) is 13.5. The molecule has 0 aliphatic carbocycles. The third-order valence-electron chi connectivity index (χ3n) is 3.23. The van der Waals surface area contributed by atoms with Gasteiger partial charge in [-0.15, -0.1) is 0 Å². The number of carbonyl (C=O) groups is 3. The minimum absolute atomic E-state index is 0.0337. The minimum Gasteiger partial charge on any atom is -0.451 e. The van der Waals surface area contributed by atoms with Crippen molar-refractivity contribution < 1.29 is 23.6 Å². The van der Waals surface area contributed by atoms with Crippen LogP contribution >= 0.6 is 0 Å². The van der Waals surface area contributed by atoms with Crippen LogP contribution in [-0.2, 0) is 16.0 Å². The van der Waals surface area contributed by atoms with Crippen LogP contribution in [0.15, 0.2) is 34.9 Å². The molecule has 24 heavy (non-hydrogen) atoms. The molecular formula is C17H18N2O5. The van der Waals surface area contributed by atoms with Crippen LogP contribution in [0.3, 0.4) is 0 Å². The highest BCUT2D eigenvalue weighted by atomic mass is 16.6. The number of ether oxygens (including phenoxy) is 1. The number of nitrogens with zero attached hydrogens (tertiary/aromatic N) is 1. The number of esters is 1. The quantitative estimate of drug-likeness (QED) is 0.613. The smallest absolute Gasteiger partial charge is 0.377 e. The molecule has 0 atom stereocenters. The van der Waals surface area contributed by atoms with Gasteiger partial charge >= 0.3 is 5.97 Å². The monoisotopic (exact) mass is 330 g/mol. The molecule has 2 rings (SSSR count). The Morgan fingerprint density at radius 1 is 1.21 bits per heavy atom. The van der Waals surface area contributed by atoms with Gasteiger partial charge in [0, 0.05) is 25.1 Å².